The number of carboxylic acid groups (broad SMARTS) is 1. The van der Waals surface area contributed by atoms with E-state index in [1.165, 1.54) is 0 Å². The Bertz CT molecular complexity index is 613. The molecule has 0 aromatic heterocycles. The molecule has 0 atom stereocenters. The van der Waals surface area contributed by atoms with Crippen LogP contribution < -0.4 is 4.72 Å². The second-order valence-electron chi connectivity index (χ2n) is 3.94. The molecule has 1 fully saturated rings. The van der Waals surface area contributed by atoms with Crippen molar-refractivity contribution >= 4 is 33.3 Å². The zero-order valence-electron chi connectivity index (χ0n) is 8.98. The Balaban J connectivity index is 2.48. The van der Waals surface area contributed by atoms with Crippen molar-refractivity contribution in [3.8, 4) is 0 Å². The van der Waals surface area contributed by atoms with Gasteiger partial charge in [0.05, 0.1) is 16.5 Å². The number of hydrogen-bond donors (Lipinski definition) is 2. The molecule has 1 aliphatic carbocycles. The minimum Gasteiger partial charge on any atom is -0.478 e. The van der Waals surface area contributed by atoms with Gasteiger partial charge in [0.15, 0.2) is 0 Å². The number of carbonyl (C=O) groups is 1. The molecule has 1 aromatic carbocycles. The molecule has 8 heteroatoms. The highest BCUT2D eigenvalue weighted by atomic mass is 35.5. The number of benzene rings is 1. The minimum atomic E-state index is -3.70. The highest BCUT2D eigenvalue weighted by Gasteiger charge is 2.37. The number of rotatable bonds is 4. The number of aromatic carboxylic acids is 1. The molecule has 0 unspecified atom stereocenters. The smallest absolute Gasteiger partial charge is 0.337 e. The quantitative estimate of drug-likeness (QED) is 0.890. The summed E-state index contributed by atoms with van der Waals surface area (Å²) in [7, 11) is -3.70. The molecule has 1 aliphatic rings. The lowest BCUT2D eigenvalue weighted by Gasteiger charge is -2.12. The first-order valence-corrected chi connectivity index (χ1v) is 6.98. The number of carboxylic acids is 1. The second kappa shape index (κ2) is 4.40. The number of anilines is 1. The van der Waals surface area contributed by atoms with Gasteiger partial charge in [-0.1, -0.05) is 11.6 Å². The van der Waals surface area contributed by atoms with Gasteiger partial charge in [0.25, 0.3) is 0 Å². The maximum atomic E-state index is 13.3. The van der Waals surface area contributed by atoms with Crippen LogP contribution in [0.3, 0.4) is 0 Å². The molecule has 98 valence electrons. The van der Waals surface area contributed by atoms with E-state index < -0.39 is 37.8 Å². The van der Waals surface area contributed by atoms with Crippen LogP contribution in [0.4, 0.5) is 10.1 Å². The SMILES string of the molecule is O=C(O)c1ccc(F)c(Cl)c1NS(=O)(=O)C1CC1. The van der Waals surface area contributed by atoms with Crippen LogP contribution in [0.5, 0.6) is 0 Å². The molecule has 18 heavy (non-hydrogen) atoms. The van der Waals surface area contributed by atoms with Crippen molar-refractivity contribution < 1.29 is 22.7 Å². The van der Waals surface area contributed by atoms with Crippen molar-refractivity contribution in [3.05, 3.63) is 28.5 Å². The molecule has 1 saturated carbocycles. The minimum absolute atomic E-state index is 0.384. The summed E-state index contributed by atoms with van der Waals surface area (Å²) >= 11 is 5.61. The van der Waals surface area contributed by atoms with E-state index in [-0.39, 0.29) is 5.56 Å². The van der Waals surface area contributed by atoms with E-state index in [4.69, 9.17) is 16.7 Å². The first-order valence-electron chi connectivity index (χ1n) is 5.06. The summed E-state index contributed by atoms with van der Waals surface area (Å²) in [5.41, 5.74) is -0.804. The zero-order valence-corrected chi connectivity index (χ0v) is 10.6. The van der Waals surface area contributed by atoms with E-state index in [1.807, 2.05) is 0 Å². The Morgan fingerprint density at radius 2 is 2.06 bits per heavy atom. The summed E-state index contributed by atoms with van der Waals surface area (Å²) in [6.07, 6.45) is 1.01. The summed E-state index contributed by atoms with van der Waals surface area (Å²) in [5.74, 6) is -2.26. The lowest BCUT2D eigenvalue weighted by molar-refractivity contribution is 0.0698. The van der Waals surface area contributed by atoms with E-state index in [2.05, 4.69) is 4.72 Å². The predicted molar refractivity (Wildman–Crippen MR) is 63.9 cm³/mol. The van der Waals surface area contributed by atoms with Crippen molar-refractivity contribution in [1.29, 1.82) is 0 Å². The van der Waals surface area contributed by atoms with Gasteiger partial charge in [0, 0.05) is 0 Å². The summed E-state index contributed by atoms with van der Waals surface area (Å²) in [4.78, 5) is 10.9. The van der Waals surface area contributed by atoms with E-state index in [1.54, 1.807) is 0 Å². The first-order chi connectivity index (χ1) is 8.33. The van der Waals surface area contributed by atoms with E-state index in [0.29, 0.717) is 12.8 Å². The number of nitrogens with one attached hydrogen (secondary N) is 1. The molecule has 0 aliphatic heterocycles. The van der Waals surface area contributed by atoms with Crippen molar-refractivity contribution in [1.82, 2.24) is 0 Å². The fraction of sp³-hybridized carbons (Fsp3) is 0.300. The lowest BCUT2D eigenvalue weighted by atomic mass is 10.2. The van der Waals surface area contributed by atoms with Crippen LogP contribution >= 0.6 is 11.6 Å². The maximum Gasteiger partial charge on any atom is 0.337 e. The molecule has 5 nitrogen and oxygen atoms in total. The first kappa shape index (κ1) is 13.1. The van der Waals surface area contributed by atoms with E-state index >= 15 is 0 Å². The third kappa shape index (κ3) is 2.41. The van der Waals surface area contributed by atoms with Crippen LogP contribution in [0, 0.1) is 5.82 Å². The summed E-state index contributed by atoms with van der Waals surface area (Å²) in [6, 6.07) is 1.84. The molecule has 0 radical (unpaired) electrons. The number of halogens is 2. The molecular weight excluding hydrogens is 285 g/mol. The fourth-order valence-corrected chi connectivity index (χ4v) is 3.12. The van der Waals surface area contributed by atoms with Gasteiger partial charge in [-0.3, -0.25) is 4.72 Å². The largest absolute Gasteiger partial charge is 0.478 e. The number of hydrogen-bond acceptors (Lipinski definition) is 3. The van der Waals surface area contributed by atoms with Gasteiger partial charge in [-0.25, -0.2) is 17.6 Å². The zero-order chi connectivity index (χ0) is 13.5. The topological polar surface area (TPSA) is 83.5 Å². The Kier molecular flexibility index (Phi) is 3.20. The Morgan fingerprint density at radius 3 is 2.56 bits per heavy atom. The Hall–Kier alpha value is -1.34. The molecule has 0 bridgehead atoms. The average molecular weight is 294 g/mol. The van der Waals surface area contributed by atoms with Gasteiger partial charge < -0.3 is 5.11 Å². The van der Waals surface area contributed by atoms with Crippen molar-refractivity contribution in [2.45, 2.75) is 18.1 Å². The van der Waals surface area contributed by atoms with Gasteiger partial charge in [-0.05, 0) is 25.0 Å². The van der Waals surface area contributed by atoms with Crippen LogP contribution in [0.1, 0.15) is 23.2 Å². The third-order valence-electron chi connectivity index (χ3n) is 2.53. The molecule has 0 saturated heterocycles. The molecule has 1 aromatic rings. The summed E-state index contributed by atoms with van der Waals surface area (Å²) in [5, 5.41) is 7.82. The van der Waals surface area contributed by atoms with E-state index in [9.17, 15) is 17.6 Å². The van der Waals surface area contributed by atoms with Gasteiger partial charge in [-0.15, -0.1) is 0 Å². The molecular formula is C10H9ClFNO4S. The van der Waals surface area contributed by atoms with Crippen molar-refractivity contribution in [2.24, 2.45) is 0 Å². The van der Waals surface area contributed by atoms with Crippen LogP contribution in [0.2, 0.25) is 5.02 Å². The van der Waals surface area contributed by atoms with Crippen molar-refractivity contribution in [2.75, 3.05) is 4.72 Å². The molecule has 0 heterocycles. The van der Waals surface area contributed by atoms with Crippen LogP contribution in [0.25, 0.3) is 0 Å². The lowest BCUT2D eigenvalue weighted by Crippen LogP contribution is -2.20. The standard InChI is InChI=1S/C10H9ClFNO4S/c11-8-7(12)4-3-6(10(14)15)9(8)13-18(16,17)5-1-2-5/h3-5,13H,1-2H2,(H,14,15). The van der Waals surface area contributed by atoms with Gasteiger partial charge in [-0.2, -0.15) is 0 Å². The van der Waals surface area contributed by atoms with Crippen LogP contribution in [-0.2, 0) is 10.0 Å². The van der Waals surface area contributed by atoms with Gasteiger partial charge in [0.2, 0.25) is 10.0 Å². The van der Waals surface area contributed by atoms with Gasteiger partial charge in [0.1, 0.15) is 10.8 Å². The number of sulfonamides is 1. The van der Waals surface area contributed by atoms with Crippen molar-refractivity contribution in [3.63, 3.8) is 0 Å². The predicted octanol–water partition coefficient (Wildman–Crippen LogP) is 2.08. The monoisotopic (exact) mass is 293 g/mol. The van der Waals surface area contributed by atoms with Crippen LogP contribution in [-0.4, -0.2) is 24.7 Å². The second-order valence-corrected chi connectivity index (χ2v) is 6.27. The third-order valence-corrected chi connectivity index (χ3v) is 4.74. The fourth-order valence-electron chi connectivity index (χ4n) is 1.43. The molecule has 0 amide bonds. The summed E-state index contributed by atoms with van der Waals surface area (Å²) < 4.78 is 38.7. The highest BCUT2D eigenvalue weighted by Crippen LogP contribution is 2.34. The van der Waals surface area contributed by atoms with Gasteiger partial charge >= 0.3 is 5.97 Å². The normalized spacial score (nSPS) is 15.4. The Morgan fingerprint density at radius 1 is 1.44 bits per heavy atom. The Labute approximate surface area is 108 Å². The highest BCUT2D eigenvalue weighted by molar-refractivity contribution is 7.93. The maximum absolute atomic E-state index is 13.3. The van der Waals surface area contributed by atoms with E-state index in [0.717, 1.165) is 12.1 Å². The van der Waals surface area contributed by atoms with Crippen LogP contribution in [0.15, 0.2) is 12.1 Å². The molecule has 2 N–H and O–H groups in total. The molecule has 0 spiro atoms. The average Bonchev–Trinajstić information content (AvgIpc) is 3.08. The summed E-state index contributed by atoms with van der Waals surface area (Å²) in [6.45, 7) is 0. The molecule has 2 rings (SSSR count).